The fourth-order valence-corrected chi connectivity index (χ4v) is 4.71. The number of nitrogen functional groups attached to an aromatic ring is 1. The van der Waals surface area contributed by atoms with E-state index in [0.717, 1.165) is 10.2 Å². The number of anilines is 5. The van der Waals surface area contributed by atoms with E-state index in [-0.39, 0.29) is 4.90 Å². The predicted molar refractivity (Wildman–Crippen MR) is 124 cm³/mol. The number of benzene rings is 2. The molecule has 0 spiro atoms. The molecule has 0 atom stereocenters. The zero-order chi connectivity index (χ0) is 21.7. The highest BCUT2D eigenvalue weighted by atomic mass is 79.9. The van der Waals surface area contributed by atoms with Crippen LogP contribution >= 0.6 is 15.9 Å². The van der Waals surface area contributed by atoms with Crippen LogP contribution in [0.4, 0.5) is 28.7 Å². The van der Waals surface area contributed by atoms with E-state index in [4.69, 9.17) is 5.73 Å². The van der Waals surface area contributed by atoms with Crippen LogP contribution < -0.4 is 16.4 Å². The molecule has 0 aliphatic heterocycles. The quantitative estimate of drug-likeness (QED) is 0.430. The molecule has 10 heteroatoms. The Morgan fingerprint density at radius 1 is 0.967 bits per heavy atom. The van der Waals surface area contributed by atoms with Crippen molar-refractivity contribution in [3.63, 3.8) is 0 Å². The van der Waals surface area contributed by atoms with E-state index >= 15 is 0 Å². The fourth-order valence-electron chi connectivity index (χ4n) is 2.86. The van der Waals surface area contributed by atoms with Crippen molar-refractivity contribution >= 4 is 54.7 Å². The maximum absolute atomic E-state index is 12.6. The molecule has 0 radical (unpaired) electrons. The summed E-state index contributed by atoms with van der Waals surface area (Å²) in [6.45, 7) is 4.47. The minimum atomic E-state index is -3.50. The van der Waals surface area contributed by atoms with E-state index < -0.39 is 10.0 Å². The summed E-state index contributed by atoms with van der Waals surface area (Å²) < 4.78 is 27.6. The maximum Gasteiger partial charge on any atom is 0.243 e. The highest BCUT2D eigenvalue weighted by Crippen LogP contribution is 2.29. The van der Waals surface area contributed by atoms with Crippen molar-refractivity contribution in [3.8, 4) is 0 Å². The van der Waals surface area contributed by atoms with E-state index in [0.29, 0.717) is 36.1 Å². The lowest BCUT2D eigenvalue weighted by atomic mass is 10.3. The molecule has 0 amide bonds. The number of sulfonamides is 1. The van der Waals surface area contributed by atoms with Crippen molar-refractivity contribution in [3.05, 3.63) is 59.3 Å². The van der Waals surface area contributed by atoms with Crippen LogP contribution in [0.2, 0.25) is 0 Å². The van der Waals surface area contributed by atoms with Gasteiger partial charge >= 0.3 is 0 Å². The van der Waals surface area contributed by atoms with Gasteiger partial charge in [-0.1, -0.05) is 35.8 Å². The van der Waals surface area contributed by atoms with Crippen LogP contribution in [-0.2, 0) is 10.0 Å². The van der Waals surface area contributed by atoms with Crippen molar-refractivity contribution in [2.45, 2.75) is 18.7 Å². The topological polar surface area (TPSA) is 113 Å². The summed E-state index contributed by atoms with van der Waals surface area (Å²) in [5.74, 6) is 0.883. The third-order valence-electron chi connectivity index (χ3n) is 4.43. The van der Waals surface area contributed by atoms with Gasteiger partial charge in [0.05, 0.1) is 4.90 Å². The van der Waals surface area contributed by atoms with Gasteiger partial charge in [-0.05, 0) is 42.5 Å². The molecule has 1 heterocycles. The van der Waals surface area contributed by atoms with Gasteiger partial charge < -0.3 is 16.4 Å². The zero-order valence-corrected chi connectivity index (χ0v) is 19.0. The third-order valence-corrected chi connectivity index (χ3v) is 6.99. The van der Waals surface area contributed by atoms with E-state index in [1.807, 2.05) is 38.1 Å². The highest BCUT2D eigenvalue weighted by molar-refractivity contribution is 9.10. The van der Waals surface area contributed by atoms with E-state index in [1.165, 1.54) is 10.6 Å². The molecule has 8 nitrogen and oxygen atoms in total. The summed E-state index contributed by atoms with van der Waals surface area (Å²) in [5.41, 5.74) is 8.06. The normalized spacial score (nSPS) is 11.5. The van der Waals surface area contributed by atoms with Crippen molar-refractivity contribution in [2.75, 3.05) is 29.5 Å². The second kappa shape index (κ2) is 9.41. The number of rotatable bonds is 8. The molecule has 0 bridgehead atoms. The summed E-state index contributed by atoms with van der Waals surface area (Å²) >= 11 is 3.43. The highest BCUT2D eigenvalue weighted by Gasteiger charge is 2.21. The minimum Gasteiger partial charge on any atom is -0.393 e. The first-order chi connectivity index (χ1) is 14.3. The number of hydrogen-bond donors (Lipinski definition) is 3. The van der Waals surface area contributed by atoms with E-state index in [1.54, 1.807) is 24.3 Å². The zero-order valence-electron chi connectivity index (χ0n) is 16.6. The van der Waals surface area contributed by atoms with Crippen LogP contribution in [0.15, 0.2) is 64.2 Å². The van der Waals surface area contributed by atoms with Crippen LogP contribution in [-0.4, -0.2) is 35.8 Å². The van der Waals surface area contributed by atoms with Gasteiger partial charge in [0.15, 0.2) is 11.6 Å². The largest absolute Gasteiger partial charge is 0.393 e. The average Bonchev–Trinajstić information content (AvgIpc) is 2.72. The van der Waals surface area contributed by atoms with Gasteiger partial charge in [0.2, 0.25) is 10.0 Å². The summed E-state index contributed by atoms with van der Waals surface area (Å²) in [5, 5.41) is 6.27. The monoisotopic (exact) mass is 490 g/mol. The average molecular weight is 491 g/mol. The Morgan fingerprint density at radius 2 is 1.57 bits per heavy atom. The van der Waals surface area contributed by atoms with Gasteiger partial charge in [0.1, 0.15) is 12.0 Å². The number of nitrogens with two attached hydrogens (primary N) is 1. The van der Waals surface area contributed by atoms with Gasteiger partial charge in [0, 0.05) is 28.9 Å². The molecule has 2 aromatic carbocycles. The number of halogens is 1. The number of nitrogens with zero attached hydrogens (tertiary/aromatic N) is 3. The molecule has 30 heavy (non-hydrogen) atoms. The SMILES string of the molecule is CCN(CC)S(=O)(=O)c1ccc(Nc2ncnc(Nc3cccc(Br)c3)c2N)cc1. The molecular formula is C20H23BrN6O2S. The first-order valence-corrected chi connectivity index (χ1v) is 11.6. The van der Waals surface area contributed by atoms with Crippen LogP contribution in [0.3, 0.4) is 0 Å². The molecule has 0 aliphatic carbocycles. The van der Waals surface area contributed by atoms with Crippen molar-refractivity contribution in [1.29, 1.82) is 0 Å². The van der Waals surface area contributed by atoms with Gasteiger partial charge in [0.25, 0.3) is 0 Å². The Hall–Kier alpha value is -2.69. The Balaban J connectivity index is 1.80. The second-order valence-electron chi connectivity index (χ2n) is 6.36. The second-order valence-corrected chi connectivity index (χ2v) is 9.21. The van der Waals surface area contributed by atoms with Gasteiger partial charge in [-0.25, -0.2) is 18.4 Å². The minimum absolute atomic E-state index is 0.240. The first kappa shape index (κ1) is 22.0. The van der Waals surface area contributed by atoms with Gasteiger partial charge in [-0.3, -0.25) is 0 Å². The molecule has 0 saturated carbocycles. The molecule has 3 rings (SSSR count). The lowest BCUT2D eigenvalue weighted by Gasteiger charge is -2.18. The maximum atomic E-state index is 12.6. The smallest absolute Gasteiger partial charge is 0.243 e. The molecule has 0 saturated heterocycles. The number of aromatic nitrogens is 2. The Morgan fingerprint density at radius 3 is 2.13 bits per heavy atom. The van der Waals surface area contributed by atoms with E-state index in [2.05, 4.69) is 36.5 Å². The Labute approximate surface area is 184 Å². The Kier molecular flexibility index (Phi) is 6.91. The first-order valence-electron chi connectivity index (χ1n) is 9.35. The molecule has 0 unspecified atom stereocenters. The fraction of sp³-hybridized carbons (Fsp3) is 0.200. The van der Waals surface area contributed by atoms with Crippen LogP contribution in [0, 0.1) is 0 Å². The van der Waals surface area contributed by atoms with Gasteiger partial charge in [-0.2, -0.15) is 4.31 Å². The standard InChI is InChI=1S/C20H23BrN6O2S/c1-3-27(4-2)30(28,29)17-10-8-15(9-11-17)25-19-18(22)20(24-13-23-19)26-16-7-5-6-14(21)12-16/h5-13H,3-4,22H2,1-2H3,(H2,23,24,25,26). The molecular weight excluding hydrogens is 468 g/mol. The lowest BCUT2D eigenvalue weighted by Crippen LogP contribution is -2.30. The van der Waals surface area contributed by atoms with E-state index in [9.17, 15) is 8.42 Å². The molecule has 0 aliphatic rings. The number of nitrogens with one attached hydrogen (secondary N) is 2. The predicted octanol–water partition coefficient (Wildman–Crippen LogP) is 4.34. The molecule has 3 aromatic rings. The summed E-state index contributed by atoms with van der Waals surface area (Å²) in [6, 6.07) is 14.1. The third kappa shape index (κ3) is 4.89. The van der Waals surface area contributed by atoms with Crippen molar-refractivity contribution < 1.29 is 8.42 Å². The molecule has 4 N–H and O–H groups in total. The molecule has 158 valence electrons. The van der Waals surface area contributed by atoms with Crippen LogP contribution in [0.25, 0.3) is 0 Å². The Bertz CT molecular complexity index is 1120. The van der Waals surface area contributed by atoms with Crippen LogP contribution in [0.1, 0.15) is 13.8 Å². The molecule has 0 fully saturated rings. The molecule has 1 aromatic heterocycles. The van der Waals surface area contributed by atoms with Crippen molar-refractivity contribution in [2.24, 2.45) is 0 Å². The number of hydrogen-bond acceptors (Lipinski definition) is 7. The van der Waals surface area contributed by atoms with Crippen LogP contribution in [0.5, 0.6) is 0 Å². The summed E-state index contributed by atoms with van der Waals surface area (Å²) in [4.78, 5) is 8.64. The van der Waals surface area contributed by atoms with Gasteiger partial charge in [-0.15, -0.1) is 0 Å². The van der Waals surface area contributed by atoms with Crippen molar-refractivity contribution in [1.82, 2.24) is 14.3 Å². The summed E-state index contributed by atoms with van der Waals surface area (Å²) in [6.07, 6.45) is 1.40. The summed E-state index contributed by atoms with van der Waals surface area (Å²) in [7, 11) is -3.50. The lowest BCUT2D eigenvalue weighted by molar-refractivity contribution is 0.445.